The highest BCUT2D eigenvalue weighted by molar-refractivity contribution is 7.13. The number of nitrogens with zero attached hydrogens (tertiary/aromatic N) is 8. The van der Waals surface area contributed by atoms with Crippen molar-refractivity contribution in [3.05, 3.63) is 40.9 Å². The maximum Gasteiger partial charge on any atom is 0.276 e. The van der Waals surface area contributed by atoms with Gasteiger partial charge in [0.1, 0.15) is 0 Å². The first-order valence-electron chi connectivity index (χ1n) is 8.30. The Labute approximate surface area is 154 Å². The van der Waals surface area contributed by atoms with Gasteiger partial charge in [0.15, 0.2) is 5.69 Å². The van der Waals surface area contributed by atoms with Gasteiger partial charge < -0.3 is 9.80 Å². The maximum absolute atomic E-state index is 12.9. The second kappa shape index (κ2) is 6.79. The van der Waals surface area contributed by atoms with Gasteiger partial charge in [0.2, 0.25) is 11.1 Å². The lowest BCUT2D eigenvalue weighted by Gasteiger charge is -2.34. The first kappa shape index (κ1) is 16.6. The maximum atomic E-state index is 12.9. The Morgan fingerprint density at radius 2 is 1.81 bits per heavy atom. The Kier molecular flexibility index (Phi) is 4.33. The van der Waals surface area contributed by atoms with E-state index in [9.17, 15) is 4.79 Å². The van der Waals surface area contributed by atoms with Gasteiger partial charge in [-0.1, -0.05) is 5.21 Å². The molecule has 4 heterocycles. The summed E-state index contributed by atoms with van der Waals surface area (Å²) in [6, 6.07) is 1.79. The summed E-state index contributed by atoms with van der Waals surface area (Å²) in [5.41, 5.74) is 1.08. The number of carbonyl (C=O) groups is 1. The summed E-state index contributed by atoms with van der Waals surface area (Å²) in [5, 5.41) is 8.94. The molecule has 26 heavy (non-hydrogen) atoms. The molecule has 1 saturated heterocycles. The van der Waals surface area contributed by atoms with Crippen LogP contribution in [0.3, 0.4) is 0 Å². The topological polar surface area (TPSA) is 92.9 Å². The van der Waals surface area contributed by atoms with Gasteiger partial charge in [-0.25, -0.2) is 15.0 Å². The summed E-state index contributed by atoms with van der Waals surface area (Å²) in [6.07, 6.45) is 5.23. The number of aryl methyl sites for hydroxylation is 1. The van der Waals surface area contributed by atoms with Crippen molar-refractivity contribution in [1.82, 2.24) is 34.8 Å². The quantitative estimate of drug-likeness (QED) is 0.681. The zero-order valence-electron chi connectivity index (χ0n) is 14.5. The van der Waals surface area contributed by atoms with Crippen LogP contribution in [0.4, 0.5) is 5.95 Å². The van der Waals surface area contributed by atoms with Gasteiger partial charge in [0.05, 0.1) is 5.69 Å². The van der Waals surface area contributed by atoms with Crippen LogP contribution in [-0.2, 0) is 0 Å². The Bertz CT molecular complexity index is 913. The number of hydrogen-bond donors (Lipinski definition) is 0. The molecule has 0 radical (unpaired) electrons. The van der Waals surface area contributed by atoms with Crippen molar-refractivity contribution in [3.63, 3.8) is 0 Å². The molecule has 0 aromatic carbocycles. The molecular weight excluding hydrogens is 352 g/mol. The molecule has 134 valence electrons. The second-order valence-electron chi connectivity index (χ2n) is 6.02. The van der Waals surface area contributed by atoms with Crippen molar-refractivity contribution >= 4 is 23.2 Å². The second-order valence-corrected chi connectivity index (χ2v) is 7.23. The van der Waals surface area contributed by atoms with Crippen LogP contribution >= 0.6 is 11.3 Å². The van der Waals surface area contributed by atoms with Crippen LogP contribution in [0.5, 0.6) is 0 Å². The lowest BCUT2D eigenvalue weighted by atomic mass is 10.2. The van der Waals surface area contributed by atoms with E-state index in [2.05, 4.69) is 30.2 Å². The Morgan fingerprint density at radius 3 is 2.46 bits per heavy atom. The van der Waals surface area contributed by atoms with E-state index >= 15 is 0 Å². The standard InChI is InChI=1S/C16H18N8OS/c1-11-10-19-16(26-11)24-12(2)13(20-21-24)14(25)22-6-8-23(9-7-22)15-17-4-3-5-18-15/h3-5,10H,6-9H2,1-2H3. The van der Waals surface area contributed by atoms with Gasteiger partial charge in [-0.05, 0) is 19.9 Å². The van der Waals surface area contributed by atoms with E-state index in [-0.39, 0.29) is 5.91 Å². The number of amides is 1. The number of aromatic nitrogens is 6. The van der Waals surface area contributed by atoms with Crippen LogP contribution in [0.2, 0.25) is 0 Å². The molecule has 9 nitrogen and oxygen atoms in total. The largest absolute Gasteiger partial charge is 0.337 e. The minimum atomic E-state index is -0.101. The number of rotatable bonds is 3. The third-order valence-electron chi connectivity index (χ3n) is 4.29. The van der Waals surface area contributed by atoms with Crippen LogP contribution in [0.15, 0.2) is 24.7 Å². The van der Waals surface area contributed by atoms with Crippen LogP contribution in [0, 0.1) is 13.8 Å². The van der Waals surface area contributed by atoms with Gasteiger partial charge in [0, 0.05) is 49.6 Å². The number of thiazole rings is 1. The first-order chi connectivity index (χ1) is 12.6. The van der Waals surface area contributed by atoms with Crippen molar-refractivity contribution in [1.29, 1.82) is 0 Å². The summed E-state index contributed by atoms with van der Waals surface area (Å²) >= 11 is 1.52. The van der Waals surface area contributed by atoms with Crippen LogP contribution in [-0.4, -0.2) is 66.9 Å². The fourth-order valence-electron chi connectivity index (χ4n) is 2.86. The Morgan fingerprint density at radius 1 is 1.08 bits per heavy atom. The minimum absolute atomic E-state index is 0.101. The van der Waals surface area contributed by atoms with Gasteiger partial charge in [0.25, 0.3) is 5.91 Å². The molecule has 0 saturated carbocycles. The van der Waals surface area contributed by atoms with Gasteiger partial charge >= 0.3 is 0 Å². The third-order valence-corrected chi connectivity index (χ3v) is 5.18. The summed E-state index contributed by atoms with van der Waals surface area (Å²) in [4.78, 5) is 30.7. The summed E-state index contributed by atoms with van der Waals surface area (Å²) in [5.74, 6) is 0.594. The molecule has 4 rings (SSSR count). The smallest absolute Gasteiger partial charge is 0.276 e. The van der Waals surface area contributed by atoms with Gasteiger partial charge in [-0.3, -0.25) is 4.79 Å². The molecular formula is C16H18N8OS. The molecule has 1 fully saturated rings. The molecule has 3 aromatic rings. The molecule has 0 aliphatic carbocycles. The molecule has 3 aromatic heterocycles. The molecule has 0 atom stereocenters. The van der Waals surface area contributed by atoms with Crippen molar-refractivity contribution < 1.29 is 4.79 Å². The zero-order valence-corrected chi connectivity index (χ0v) is 15.3. The van der Waals surface area contributed by atoms with Gasteiger partial charge in [-0.2, -0.15) is 4.68 Å². The summed E-state index contributed by atoms with van der Waals surface area (Å²) in [6.45, 7) is 6.40. The number of carbonyl (C=O) groups excluding carboxylic acids is 1. The highest BCUT2D eigenvalue weighted by Crippen LogP contribution is 2.19. The fraction of sp³-hybridized carbons (Fsp3) is 0.375. The molecule has 1 amide bonds. The van der Waals surface area contributed by atoms with Crippen molar-refractivity contribution in [3.8, 4) is 5.13 Å². The average molecular weight is 370 g/mol. The van der Waals surface area contributed by atoms with Crippen molar-refractivity contribution in [2.75, 3.05) is 31.1 Å². The van der Waals surface area contributed by atoms with Crippen LogP contribution in [0.25, 0.3) is 5.13 Å². The van der Waals surface area contributed by atoms with E-state index in [1.165, 1.54) is 11.3 Å². The van der Waals surface area contributed by atoms with E-state index in [1.807, 2.05) is 13.8 Å². The molecule has 10 heteroatoms. The third kappa shape index (κ3) is 3.03. The average Bonchev–Trinajstić information content (AvgIpc) is 3.27. The lowest BCUT2D eigenvalue weighted by molar-refractivity contribution is 0.0739. The first-order valence-corrected chi connectivity index (χ1v) is 9.11. The predicted molar refractivity (Wildman–Crippen MR) is 96.7 cm³/mol. The van der Waals surface area contributed by atoms with E-state index in [1.54, 1.807) is 34.2 Å². The highest BCUT2D eigenvalue weighted by atomic mass is 32.1. The van der Waals surface area contributed by atoms with Crippen LogP contribution < -0.4 is 4.90 Å². The Balaban J connectivity index is 1.47. The molecule has 0 unspecified atom stereocenters. The van der Waals surface area contributed by atoms with E-state index in [4.69, 9.17) is 0 Å². The Hall–Kier alpha value is -2.88. The minimum Gasteiger partial charge on any atom is -0.337 e. The van der Waals surface area contributed by atoms with E-state index in [0.29, 0.717) is 43.5 Å². The summed E-state index contributed by atoms with van der Waals surface area (Å²) in [7, 11) is 0. The van der Waals surface area contributed by atoms with Crippen molar-refractivity contribution in [2.45, 2.75) is 13.8 Å². The highest BCUT2D eigenvalue weighted by Gasteiger charge is 2.27. The number of anilines is 1. The molecule has 1 aliphatic heterocycles. The van der Waals surface area contributed by atoms with Gasteiger partial charge in [-0.15, -0.1) is 16.4 Å². The van der Waals surface area contributed by atoms with Crippen LogP contribution in [0.1, 0.15) is 21.1 Å². The van der Waals surface area contributed by atoms with E-state index < -0.39 is 0 Å². The van der Waals surface area contributed by atoms with Crippen molar-refractivity contribution in [2.24, 2.45) is 0 Å². The number of piperazine rings is 1. The SMILES string of the molecule is Cc1cnc(-n2nnc(C(=O)N3CCN(c4ncccn4)CC3)c2C)s1. The number of hydrogen-bond acceptors (Lipinski definition) is 8. The summed E-state index contributed by atoms with van der Waals surface area (Å²) < 4.78 is 1.62. The zero-order chi connectivity index (χ0) is 18.1. The normalized spacial score (nSPS) is 14.7. The monoisotopic (exact) mass is 370 g/mol. The van der Waals surface area contributed by atoms with E-state index in [0.717, 1.165) is 10.0 Å². The molecule has 1 aliphatic rings. The predicted octanol–water partition coefficient (Wildman–Crippen LogP) is 1.09. The fourth-order valence-corrected chi connectivity index (χ4v) is 3.62. The lowest BCUT2D eigenvalue weighted by Crippen LogP contribution is -2.49. The molecule has 0 spiro atoms. The molecule has 0 bridgehead atoms. The molecule has 0 N–H and O–H groups in total.